The molecule has 0 radical (unpaired) electrons. The predicted molar refractivity (Wildman–Crippen MR) is 163 cm³/mol. The molecule has 0 atom stereocenters. The molecule has 2 heterocycles. The first kappa shape index (κ1) is 35.1. The maximum atomic E-state index is 11.4. The number of aromatic nitrogens is 2. The molecule has 4 rings (SSSR count). The number of nitro groups is 2. The molecule has 44 heavy (non-hydrogen) atoms. The number of carbonyl (C=O) groups is 2. The van der Waals surface area contributed by atoms with Gasteiger partial charge in [-0.25, -0.2) is 9.59 Å². The van der Waals surface area contributed by atoms with Crippen molar-refractivity contribution >= 4 is 51.8 Å². The van der Waals surface area contributed by atoms with Crippen LogP contribution in [0.4, 0.5) is 11.4 Å². The highest BCUT2D eigenvalue weighted by molar-refractivity contribution is 9.10. The van der Waals surface area contributed by atoms with E-state index < -0.39 is 34.6 Å². The molecule has 0 fully saturated rings. The highest BCUT2D eigenvalue weighted by Crippen LogP contribution is 2.31. The molecule has 2 N–H and O–H groups in total. The summed E-state index contributed by atoms with van der Waals surface area (Å²) in [7, 11) is 0.407. The Kier molecular flexibility index (Phi) is 13.2. The fourth-order valence-corrected chi connectivity index (χ4v) is 4.01. The smallest absolute Gasteiger partial charge is 0.465 e. The van der Waals surface area contributed by atoms with E-state index in [9.17, 15) is 29.8 Å². The van der Waals surface area contributed by atoms with E-state index in [1.54, 1.807) is 37.5 Å². The van der Waals surface area contributed by atoms with Crippen LogP contribution in [0.15, 0.2) is 77.5 Å². The number of pyridine rings is 2. The molecule has 4 aromatic rings. The second-order valence-electron chi connectivity index (χ2n) is 8.68. The van der Waals surface area contributed by atoms with Crippen molar-refractivity contribution in [3.05, 3.63) is 120 Å². The minimum absolute atomic E-state index is 0.0291. The summed E-state index contributed by atoms with van der Waals surface area (Å²) < 4.78 is 10.0. The number of hydrogen-bond donors (Lipinski definition) is 2. The molecule has 0 aliphatic rings. The average Bonchev–Trinajstić information content (AvgIpc) is 3.00. The molecule has 2 aromatic heterocycles. The molecular weight excluding hydrogens is 643 g/mol. The summed E-state index contributed by atoms with van der Waals surface area (Å²) in [5.74, 6) is -1.34. The molecule has 0 unspecified atom stereocenters. The molecule has 0 aliphatic carbocycles. The Morgan fingerprint density at radius 1 is 0.773 bits per heavy atom. The number of hydrogen-bond acceptors (Lipinski definition) is 12. The number of halogens is 1. The number of methoxy groups -OCH3 is 2. The minimum Gasteiger partial charge on any atom is -0.465 e. The Morgan fingerprint density at radius 3 is 1.70 bits per heavy atom. The zero-order valence-electron chi connectivity index (χ0n) is 23.8. The molecule has 0 amide bonds. The summed E-state index contributed by atoms with van der Waals surface area (Å²) >= 11 is 3.32. The first-order valence-electron chi connectivity index (χ1n) is 12.4. The molecule has 2 aromatic carbocycles. The van der Waals surface area contributed by atoms with Crippen LogP contribution in [0.25, 0.3) is 11.1 Å². The molecule has 0 saturated carbocycles. The van der Waals surface area contributed by atoms with Gasteiger partial charge in [0.1, 0.15) is 0 Å². The Hall–Kier alpha value is -5.06. The monoisotopic (exact) mass is 668 g/mol. The highest BCUT2D eigenvalue weighted by atomic mass is 79.9. The third kappa shape index (κ3) is 10.0. The van der Waals surface area contributed by atoms with Crippen molar-refractivity contribution in [2.24, 2.45) is 0 Å². The lowest BCUT2D eigenvalue weighted by atomic mass is 9.78. The number of ether oxygens (including phenoxy) is 2. The Labute approximate surface area is 259 Å². The number of aryl methyl sites for hydroxylation is 2. The van der Waals surface area contributed by atoms with E-state index in [2.05, 4.69) is 35.4 Å². The van der Waals surface area contributed by atoms with Gasteiger partial charge in [0.2, 0.25) is 0 Å². The van der Waals surface area contributed by atoms with E-state index in [4.69, 9.17) is 10.0 Å². The number of benzene rings is 2. The minimum atomic E-state index is -1.97. The number of nitrogens with zero attached hydrogens (tertiary/aromatic N) is 4. The van der Waals surface area contributed by atoms with Crippen LogP contribution < -0.4 is 5.46 Å². The standard InChI is InChI=1S/C14H12N2O4.C8H8BNO6.C6H6BrN/c1-9-7-10(5-6-15-9)12-4-3-11(14(17)20-2)8-13(12)16(18)19;1-16-8(11)5-2-3-6(9(12)13)7(4-5)10(14)15;1-5-4-6(7)2-3-8-5/h3-8H,1-2H3;2-4,12-13H,1H3;2-4H,1H3. The van der Waals surface area contributed by atoms with Gasteiger partial charge in [-0.05, 0) is 61.9 Å². The fourth-order valence-electron chi connectivity index (χ4n) is 3.56. The van der Waals surface area contributed by atoms with Gasteiger partial charge >= 0.3 is 19.1 Å². The van der Waals surface area contributed by atoms with Crippen LogP contribution in [-0.4, -0.2) is 63.1 Å². The molecule has 0 spiro atoms. The van der Waals surface area contributed by atoms with E-state index in [-0.39, 0.29) is 22.3 Å². The number of nitro benzene ring substituents is 2. The quantitative estimate of drug-likeness (QED) is 0.130. The molecule has 0 saturated heterocycles. The van der Waals surface area contributed by atoms with E-state index in [1.165, 1.54) is 25.3 Å². The SMILES string of the molecule is COC(=O)c1ccc(-c2ccnc(C)c2)c([N+](=O)[O-])c1.COC(=O)c1ccc(B(O)O)c([N+](=O)[O-])c1.Cc1cc(Br)ccn1. The van der Waals surface area contributed by atoms with Crippen molar-refractivity contribution in [3.8, 4) is 11.1 Å². The summed E-state index contributed by atoms with van der Waals surface area (Å²) in [5.41, 5.74) is 2.07. The van der Waals surface area contributed by atoms with Crippen molar-refractivity contribution < 1.29 is 39.0 Å². The lowest BCUT2D eigenvalue weighted by Gasteiger charge is -2.06. The summed E-state index contributed by atoms with van der Waals surface area (Å²) in [4.78, 5) is 51.1. The van der Waals surface area contributed by atoms with Crippen LogP contribution in [0.3, 0.4) is 0 Å². The van der Waals surface area contributed by atoms with Crippen LogP contribution in [0.5, 0.6) is 0 Å². The van der Waals surface area contributed by atoms with Gasteiger partial charge in [0.05, 0.1) is 46.2 Å². The zero-order chi connectivity index (χ0) is 33.0. The molecule has 228 valence electrons. The second-order valence-corrected chi connectivity index (χ2v) is 9.59. The highest BCUT2D eigenvalue weighted by Gasteiger charge is 2.25. The first-order chi connectivity index (χ1) is 20.8. The van der Waals surface area contributed by atoms with Crippen molar-refractivity contribution in [1.29, 1.82) is 0 Å². The predicted octanol–water partition coefficient (Wildman–Crippen LogP) is 3.97. The largest absolute Gasteiger partial charge is 0.495 e. The first-order valence-corrected chi connectivity index (χ1v) is 13.2. The number of rotatable bonds is 6. The van der Waals surface area contributed by atoms with Crippen molar-refractivity contribution in [1.82, 2.24) is 9.97 Å². The van der Waals surface area contributed by atoms with E-state index in [0.29, 0.717) is 11.1 Å². The van der Waals surface area contributed by atoms with Crippen LogP contribution in [0.2, 0.25) is 0 Å². The van der Waals surface area contributed by atoms with Gasteiger partial charge in [-0.2, -0.15) is 0 Å². The van der Waals surface area contributed by atoms with Gasteiger partial charge in [0.25, 0.3) is 11.4 Å². The molecule has 0 aliphatic heterocycles. The fraction of sp³-hybridized carbons (Fsp3) is 0.143. The zero-order valence-corrected chi connectivity index (χ0v) is 25.4. The van der Waals surface area contributed by atoms with Crippen LogP contribution >= 0.6 is 15.9 Å². The van der Waals surface area contributed by atoms with Crippen LogP contribution in [0, 0.1) is 34.1 Å². The summed E-state index contributed by atoms with van der Waals surface area (Å²) in [6.45, 7) is 3.77. The Bertz CT molecular complexity index is 1650. The topological polar surface area (TPSA) is 205 Å². The van der Waals surface area contributed by atoms with E-state index in [1.807, 2.05) is 19.1 Å². The average molecular weight is 669 g/mol. The number of carbonyl (C=O) groups excluding carboxylic acids is 2. The Morgan fingerprint density at radius 2 is 1.27 bits per heavy atom. The lowest BCUT2D eigenvalue weighted by Crippen LogP contribution is -2.32. The molecule has 0 bridgehead atoms. The van der Waals surface area contributed by atoms with Crippen molar-refractivity contribution in [2.45, 2.75) is 13.8 Å². The van der Waals surface area contributed by atoms with Gasteiger partial charge in [-0.1, -0.05) is 22.0 Å². The van der Waals surface area contributed by atoms with Gasteiger partial charge in [-0.15, -0.1) is 0 Å². The molecule has 14 nitrogen and oxygen atoms in total. The maximum absolute atomic E-state index is 11.4. The second kappa shape index (κ2) is 16.5. The van der Waals surface area contributed by atoms with Gasteiger partial charge in [0.15, 0.2) is 0 Å². The van der Waals surface area contributed by atoms with Gasteiger partial charge in [0, 0.05) is 40.4 Å². The summed E-state index contributed by atoms with van der Waals surface area (Å²) in [5, 5.41) is 39.6. The normalized spacial score (nSPS) is 9.80. The molecule has 16 heteroatoms. The summed E-state index contributed by atoms with van der Waals surface area (Å²) in [6, 6.07) is 14.8. The Balaban J connectivity index is 0.000000250. The van der Waals surface area contributed by atoms with Crippen LogP contribution in [-0.2, 0) is 9.47 Å². The third-order valence-corrected chi connectivity index (χ3v) is 6.10. The van der Waals surface area contributed by atoms with Gasteiger partial charge in [-0.3, -0.25) is 30.2 Å². The number of esters is 2. The van der Waals surface area contributed by atoms with Crippen molar-refractivity contribution in [2.75, 3.05) is 14.2 Å². The van der Waals surface area contributed by atoms with Crippen LogP contribution in [0.1, 0.15) is 32.1 Å². The lowest BCUT2D eigenvalue weighted by molar-refractivity contribution is -0.384. The molecular formula is C28H26BBrN4O10. The third-order valence-electron chi connectivity index (χ3n) is 5.61. The summed E-state index contributed by atoms with van der Waals surface area (Å²) in [6.07, 6.45) is 3.36. The van der Waals surface area contributed by atoms with E-state index >= 15 is 0 Å². The maximum Gasteiger partial charge on any atom is 0.495 e. The van der Waals surface area contributed by atoms with E-state index in [0.717, 1.165) is 35.1 Å². The van der Waals surface area contributed by atoms with Crippen molar-refractivity contribution in [3.63, 3.8) is 0 Å². The van der Waals surface area contributed by atoms with Gasteiger partial charge < -0.3 is 19.5 Å².